The fourth-order valence-corrected chi connectivity index (χ4v) is 5.89. The number of benzene rings is 5. The maximum absolute atomic E-state index is 6.29. The van der Waals surface area contributed by atoms with Crippen LogP contribution in [0.15, 0.2) is 101 Å². The first-order valence-corrected chi connectivity index (χ1v) is 11.7. The van der Waals surface area contributed by atoms with Gasteiger partial charge in [-0.3, -0.25) is 0 Å². The molecule has 1 aliphatic carbocycles. The minimum absolute atomic E-state index is 0.0203. The maximum Gasteiger partial charge on any atom is 0.136 e. The second-order valence-electron chi connectivity index (χ2n) is 9.78. The van der Waals surface area contributed by atoms with Gasteiger partial charge in [0.2, 0.25) is 0 Å². The highest BCUT2D eigenvalue weighted by Crippen LogP contribution is 2.49. The van der Waals surface area contributed by atoms with E-state index in [0.717, 1.165) is 17.6 Å². The van der Waals surface area contributed by atoms with E-state index in [1.807, 2.05) is 0 Å². The van der Waals surface area contributed by atoms with E-state index >= 15 is 0 Å². The van der Waals surface area contributed by atoms with Crippen molar-refractivity contribution in [3.63, 3.8) is 0 Å². The third-order valence-electron chi connectivity index (χ3n) is 7.52. The molecule has 158 valence electrons. The zero-order chi connectivity index (χ0) is 22.2. The van der Waals surface area contributed by atoms with Gasteiger partial charge in [0.15, 0.2) is 0 Å². The quantitative estimate of drug-likeness (QED) is 0.271. The summed E-state index contributed by atoms with van der Waals surface area (Å²) in [6.07, 6.45) is 0.884. The lowest BCUT2D eigenvalue weighted by Crippen LogP contribution is -2.15. The molecule has 0 N–H and O–H groups in total. The highest BCUT2D eigenvalue weighted by molar-refractivity contribution is 6.19. The molecule has 0 atom stereocenters. The van der Waals surface area contributed by atoms with Gasteiger partial charge in [-0.2, -0.15) is 0 Å². The fourth-order valence-electron chi connectivity index (χ4n) is 5.89. The summed E-state index contributed by atoms with van der Waals surface area (Å²) in [6.45, 7) is 4.69. The summed E-state index contributed by atoms with van der Waals surface area (Å²) >= 11 is 0. The number of hydrogen-bond acceptors (Lipinski definition) is 1. The monoisotopic (exact) mass is 424 g/mol. The summed E-state index contributed by atoms with van der Waals surface area (Å²) in [7, 11) is 0. The molecule has 6 aromatic rings. The Balaban J connectivity index is 1.41. The van der Waals surface area contributed by atoms with Gasteiger partial charge >= 0.3 is 0 Å². The van der Waals surface area contributed by atoms with Crippen LogP contribution in [0.4, 0.5) is 0 Å². The topological polar surface area (TPSA) is 13.1 Å². The molecule has 0 amide bonds. The molecule has 0 spiro atoms. The first-order chi connectivity index (χ1) is 16.1. The summed E-state index contributed by atoms with van der Waals surface area (Å²) < 4.78 is 6.29. The Morgan fingerprint density at radius 1 is 0.636 bits per heavy atom. The predicted octanol–water partition coefficient (Wildman–Crippen LogP) is 8.64. The molecule has 0 radical (unpaired) electrons. The fraction of sp³-hybridized carbons (Fsp3) is 0.125. The van der Waals surface area contributed by atoms with Crippen molar-refractivity contribution in [1.29, 1.82) is 0 Å². The molecule has 0 unspecified atom stereocenters. The minimum Gasteiger partial charge on any atom is -0.456 e. The standard InChI is InChI=1S/C32H24O/c1-32(2)26-12-6-5-11-24(26)25-16-14-20(19-27(25)32)18-22-9-7-13-28-30(22)31-23-10-4-3-8-21(23)15-17-29(31)33-28/h3-17,19H,18H2,1-2H3. The molecule has 0 bridgehead atoms. The van der Waals surface area contributed by atoms with E-state index in [9.17, 15) is 0 Å². The van der Waals surface area contributed by atoms with Crippen LogP contribution >= 0.6 is 0 Å². The molecular formula is C32H24O. The highest BCUT2D eigenvalue weighted by atomic mass is 16.3. The zero-order valence-corrected chi connectivity index (χ0v) is 18.9. The normalized spacial score (nSPS) is 14.1. The van der Waals surface area contributed by atoms with Crippen LogP contribution in [0.25, 0.3) is 43.8 Å². The van der Waals surface area contributed by atoms with Crippen molar-refractivity contribution in [3.05, 3.63) is 119 Å². The Bertz CT molecular complexity index is 1710. The lowest BCUT2D eigenvalue weighted by Gasteiger charge is -2.22. The molecule has 1 nitrogen and oxygen atoms in total. The van der Waals surface area contributed by atoms with Crippen molar-refractivity contribution in [2.24, 2.45) is 0 Å². The van der Waals surface area contributed by atoms with Crippen LogP contribution in [0.1, 0.15) is 36.1 Å². The first-order valence-electron chi connectivity index (χ1n) is 11.7. The molecule has 33 heavy (non-hydrogen) atoms. The summed E-state index contributed by atoms with van der Waals surface area (Å²) in [5.41, 5.74) is 10.2. The third-order valence-corrected chi connectivity index (χ3v) is 7.52. The molecule has 7 rings (SSSR count). The van der Waals surface area contributed by atoms with Crippen LogP contribution in [0, 0.1) is 0 Å². The van der Waals surface area contributed by atoms with Crippen LogP contribution in [0.2, 0.25) is 0 Å². The van der Waals surface area contributed by atoms with E-state index in [4.69, 9.17) is 4.42 Å². The van der Waals surface area contributed by atoms with Gasteiger partial charge in [0.1, 0.15) is 11.2 Å². The van der Waals surface area contributed by atoms with E-state index in [-0.39, 0.29) is 5.41 Å². The SMILES string of the molecule is CC1(C)c2ccccc2-c2ccc(Cc3cccc4oc5ccc6ccccc6c5c34)cc21. The van der Waals surface area contributed by atoms with E-state index in [2.05, 4.69) is 111 Å². The van der Waals surface area contributed by atoms with Crippen LogP contribution in [0.5, 0.6) is 0 Å². The molecule has 0 aliphatic heterocycles. The average Bonchev–Trinajstić information content (AvgIpc) is 3.33. The second kappa shape index (κ2) is 6.59. The van der Waals surface area contributed by atoms with Gasteiger partial charge in [-0.05, 0) is 62.7 Å². The highest BCUT2D eigenvalue weighted by Gasteiger charge is 2.35. The number of furan rings is 1. The predicted molar refractivity (Wildman–Crippen MR) is 138 cm³/mol. The van der Waals surface area contributed by atoms with Gasteiger partial charge < -0.3 is 4.42 Å². The second-order valence-corrected chi connectivity index (χ2v) is 9.78. The first kappa shape index (κ1) is 18.7. The largest absolute Gasteiger partial charge is 0.456 e. The molecule has 1 aliphatic rings. The summed E-state index contributed by atoms with van der Waals surface area (Å²) in [4.78, 5) is 0. The Hall–Kier alpha value is -3.84. The van der Waals surface area contributed by atoms with Gasteiger partial charge in [-0.15, -0.1) is 0 Å². The minimum atomic E-state index is 0.0203. The smallest absolute Gasteiger partial charge is 0.136 e. The summed E-state index contributed by atoms with van der Waals surface area (Å²) in [5, 5.41) is 4.98. The van der Waals surface area contributed by atoms with Gasteiger partial charge in [0.25, 0.3) is 0 Å². The van der Waals surface area contributed by atoms with Crippen LogP contribution in [0.3, 0.4) is 0 Å². The molecule has 1 heterocycles. The summed E-state index contributed by atoms with van der Waals surface area (Å²) in [6, 6.07) is 35.2. The number of hydrogen-bond donors (Lipinski definition) is 0. The van der Waals surface area contributed by atoms with E-state index < -0.39 is 0 Å². The Morgan fingerprint density at radius 2 is 1.42 bits per heavy atom. The van der Waals surface area contributed by atoms with Crippen LogP contribution in [-0.4, -0.2) is 0 Å². The molecule has 0 saturated carbocycles. The van der Waals surface area contributed by atoms with Crippen molar-refractivity contribution in [2.45, 2.75) is 25.7 Å². The maximum atomic E-state index is 6.29. The van der Waals surface area contributed by atoms with Crippen molar-refractivity contribution in [1.82, 2.24) is 0 Å². The Morgan fingerprint density at radius 3 is 2.36 bits per heavy atom. The molecular weight excluding hydrogens is 400 g/mol. The molecule has 5 aromatic carbocycles. The van der Waals surface area contributed by atoms with Gasteiger partial charge in [0.05, 0.1) is 0 Å². The van der Waals surface area contributed by atoms with Crippen molar-refractivity contribution in [2.75, 3.05) is 0 Å². The van der Waals surface area contributed by atoms with E-state index in [1.54, 1.807) is 0 Å². The van der Waals surface area contributed by atoms with Crippen molar-refractivity contribution in [3.8, 4) is 11.1 Å². The van der Waals surface area contributed by atoms with E-state index in [0.29, 0.717) is 0 Å². The van der Waals surface area contributed by atoms with Crippen molar-refractivity contribution < 1.29 is 4.42 Å². The molecule has 1 aromatic heterocycles. The molecule has 1 heteroatoms. The van der Waals surface area contributed by atoms with Gasteiger partial charge in [-0.25, -0.2) is 0 Å². The lowest BCUT2D eigenvalue weighted by molar-refractivity contribution is 0.659. The molecule has 0 fully saturated rings. The molecule has 0 saturated heterocycles. The van der Waals surface area contributed by atoms with Crippen LogP contribution < -0.4 is 0 Å². The van der Waals surface area contributed by atoms with Gasteiger partial charge in [-0.1, -0.05) is 98.8 Å². The number of fused-ring (bicyclic) bond motifs is 8. The zero-order valence-electron chi connectivity index (χ0n) is 18.9. The van der Waals surface area contributed by atoms with Crippen LogP contribution in [-0.2, 0) is 11.8 Å². The Labute approximate surface area is 193 Å². The lowest BCUT2D eigenvalue weighted by atomic mass is 9.81. The van der Waals surface area contributed by atoms with Gasteiger partial charge in [0, 0.05) is 16.2 Å². The average molecular weight is 425 g/mol. The third kappa shape index (κ3) is 2.60. The van der Waals surface area contributed by atoms with Crippen molar-refractivity contribution >= 4 is 32.7 Å². The Kier molecular flexibility index (Phi) is 3.73. The summed E-state index contributed by atoms with van der Waals surface area (Å²) in [5.74, 6) is 0. The van der Waals surface area contributed by atoms with E-state index in [1.165, 1.54) is 54.9 Å². The number of rotatable bonds is 2.